The maximum atomic E-state index is 10.7. The molecule has 2 unspecified atom stereocenters. The maximum absolute atomic E-state index is 10.7. The Morgan fingerprint density at radius 3 is 2.71 bits per heavy atom. The SMILES string of the molecule is O=c1ccc(C(O)C(O)CCS)n[nH]1. The summed E-state index contributed by atoms with van der Waals surface area (Å²) in [5, 5.41) is 24.7. The van der Waals surface area contributed by atoms with Crippen molar-refractivity contribution < 1.29 is 10.2 Å². The standard InChI is InChI=1S/C8H12N2O3S/c11-6(3-4-14)8(13)5-1-2-7(12)10-9-5/h1-2,6,8,11,13-14H,3-4H2,(H,10,12). The molecule has 0 aliphatic heterocycles. The van der Waals surface area contributed by atoms with Crippen LogP contribution in [0.4, 0.5) is 0 Å². The van der Waals surface area contributed by atoms with Crippen LogP contribution in [0.15, 0.2) is 16.9 Å². The molecule has 0 bridgehead atoms. The molecule has 0 aliphatic carbocycles. The summed E-state index contributed by atoms with van der Waals surface area (Å²) < 4.78 is 0. The van der Waals surface area contributed by atoms with Crippen molar-refractivity contribution in [3.63, 3.8) is 0 Å². The molecular weight excluding hydrogens is 204 g/mol. The summed E-state index contributed by atoms with van der Waals surface area (Å²) in [4.78, 5) is 10.7. The highest BCUT2D eigenvalue weighted by Gasteiger charge is 2.18. The lowest BCUT2D eigenvalue weighted by Crippen LogP contribution is -2.21. The second-order valence-corrected chi connectivity index (χ2v) is 3.32. The Morgan fingerprint density at radius 1 is 1.50 bits per heavy atom. The number of hydrogen-bond acceptors (Lipinski definition) is 5. The van der Waals surface area contributed by atoms with E-state index in [0.717, 1.165) is 0 Å². The Morgan fingerprint density at radius 2 is 2.21 bits per heavy atom. The minimum absolute atomic E-state index is 0.249. The van der Waals surface area contributed by atoms with Crippen molar-refractivity contribution in [2.75, 3.05) is 5.75 Å². The zero-order chi connectivity index (χ0) is 10.6. The van der Waals surface area contributed by atoms with Gasteiger partial charge >= 0.3 is 0 Å². The molecule has 14 heavy (non-hydrogen) atoms. The summed E-state index contributed by atoms with van der Waals surface area (Å²) >= 11 is 3.93. The van der Waals surface area contributed by atoms with Gasteiger partial charge in [-0.05, 0) is 18.2 Å². The number of thiol groups is 1. The van der Waals surface area contributed by atoms with Gasteiger partial charge < -0.3 is 10.2 Å². The number of aliphatic hydroxyl groups is 2. The van der Waals surface area contributed by atoms with Crippen LogP contribution >= 0.6 is 12.6 Å². The maximum Gasteiger partial charge on any atom is 0.264 e. The number of hydrogen-bond donors (Lipinski definition) is 4. The van der Waals surface area contributed by atoms with Crippen molar-refractivity contribution in [1.29, 1.82) is 0 Å². The van der Waals surface area contributed by atoms with Crippen molar-refractivity contribution >= 4 is 12.6 Å². The minimum Gasteiger partial charge on any atom is -0.390 e. The quantitative estimate of drug-likeness (QED) is 0.510. The molecule has 0 saturated heterocycles. The number of nitrogens with one attached hydrogen (secondary N) is 1. The number of rotatable bonds is 4. The van der Waals surface area contributed by atoms with Gasteiger partial charge in [0, 0.05) is 6.07 Å². The van der Waals surface area contributed by atoms with Crippen molar-refractivity contribution in [1.82, 2.24) is 10.2 Å². The van der Waals surface area contributed by atoms with E-state index >= 15 is 0 Å². The number of H-pyrrole nitrogens is 1. The number of nitrogens with zero attached hydrogens (tertiary/aromatic N) is 1. The average Bonchev–Trinajstić information content (AvgIpc) is 2.18. The molecule has 2 atom stereocenters. The van der Waals surface area contributed by atoms with Gasteiger partial charge in [0.2, 0.25) is 0 Å². The van der Waals surface area contributed by atoms with Crippen molar-refractivity contribution in [3.05, 3.63) is 28.2 Å². The normalized spacial score (nSPS) is 15.1. The lowest BCUT2D eigenvalue weighted by molar-refractivity contribution is 0.0141. The fourth-order valence-corrected chi connectivity index (χ4v) is 1.27. The molecule has 0 radical (unpaired) electrons. The van der Waals surface area contributed by atoms with Crippen molar-refractivity contribution in [3.8, 4) is 0 Å². The molecule has 0 aliphatic rings. The molecule has 0 amide bonds. The Labute approximate surface area is 86.2 Å². The highest BCUT2D eigenvalue weighted by atomic mass is 32.1. The summed E-state index contributed by atoms with van der Waals surface area (Å²) in [6.45, 7) is 0. The minimum atomic E-state index is -1.08. The molecular formula is C8H12N2O3S. The molecule has 0 fully saturated rings. The number of aromatic nitrogens is 2. The highest BCUT2D eigenvalue weighted by molar-refractivity contribution is 7.80. The molecule has 1 heterocycles. The number of aliphatic hydroxyl groups excluding tert-OH is 2. The molecule has 1 rings (SSSR count). The van der Waals surface area contributed by atoms with Crippen LogP contribution in [0.3, 0.4) is 0 Å². The van der Waals surface area contributed by atoms with E-state index in [-0.39, 0.29) is 11.3 Å². The van der Waals surface area contributed by atoms with Crippen molar-refractivity contribution in [2.45, 2.75) is 18.6 Å². The third-order valence-corrected chi connectivity index (χ3v) is 2.05. The van der Waals surface area contributed by atoms with Crippen LogP contribution in [0.2, 0.25) is 0 Å². The van der Waals surface area contributed by atoms with Crippen LogP contribution in [0, 0.1) is 0 Å². The average molecular weight is 216 g/mol. The third-order valence-electron chi connectivity index (χ3n) is 1.79. The first-order valence-electron chi connectivity index (χ1n) is 4.17. The first kappa shape index (κ1) is 11.2. The molecule has 78 valence electrons. The van der Waals surface area contributed by atoms with E-state index < -0.39 is 12.2 Å². The molecule has 0 spiro atoms. The topological polar surface area (TPSA) is 86.2 Å². The smallest absolute Gasteiger partial charge is 0.264 e. The predicted molar refractivity (Wildman–Crippen MR) is 54.3 cm³/mol. The second kappa shape index (κ2) is 5.14. The predicted octanol–water partition coefficient (Wildman–Crippen LogP) is -0.516. The van der Waals surface area contributed by atoms with Crippen LogP contribution in [0.1, 0.15) is 18.2 Å². The van der Waals surface area contributed by atoms with Gasteiger partial charge in [-0.25, -0.2) is 5.10 Å². The van der Waals surface area contributed by atoms with E-state index in [1.807, 2.05) is 0 Å². The van der Waals surface area contributed by atoms with Gasteiger partial charge in [0.25, 0.3) is 5.56 Å². The zero-order valence-corrected chi connectivity index (χ0v) is 8.32. The van der Waals surface area contributed by atoms with Gasteiger partial charge in [-0.2, -0.15) is 17.7 Å². The van der Waals surface area contributed by atoms with E-state index in [2.05, 4.69) is 22.8 Å². The van der Waals surface area contributed by atoms with Gasteiger partial charge in [0.05, 0.1) is 11.8 Å². The van der Waals surface area contributed by atoms with Gasteiger partial charge in [-0.1, -0.05) is 0 Å². The summed E-state index contributed by atoms with van der Waals surface area (Å²) in [5.41, 5.74) is -0.0940. The van der Waals surface area contributed by atoms with E-state index in [4.69, 9.17) is 0 Å². The Bertz CT molecular complexity index is 321. The largest absolute Gasteiger partial charge is 0.390 e. The van der Waals surface area contributed by atoms with E-state index in [0.29, 0.717) is 12.2 Å². The fourth-order valence-electron chi connectivity index (χ4n) is 1.01. The highest BCUT2D eigenvalue weighted by Crippen LogP contribution is 2.15. The van der Waals surface area contributed by atoms with Crippen LogP contribution in [-0.2, 0) is 0 Å². The molecule has 0 aromatic carbocycles. The third kappa shape index (κ3) is 2.83. The summed E-state index contributed by atoms with van der Waals surface area (Å²) in [5.74, 6) is 0.474. The fraction of sp³-hybridized carbons (Fsp3) is 0.500. The molecule has 6 heteroatoms. The van der Waals surface area contributed by atoms with E-state index in [1.165, 1.54) is 12.1 Å². The molecule has 5 nitrogen and oxygen atoms in total. The Balaban J connectivity index is 2.73. The monoisotopic (exact) mass is 216 g/mol. The van der Waals surface area contributed by atoms with Crippen molar-refractivity contribution in [2.24, 2.45) is 0 Å². The molecule has 1 aromatic heterocycles. The Hall–Kier alpha value is -0.850. The zero-order valence-electron chi connectivity index (χ0n) is 7.42. The first-order chi connectivity index (χ1) is 6.65. The van der Waals surface area contributed by atoms with Gasteiger partial charge in [-0.15, -0.1) is 0 Å². The second-order valence-electron chi connectivity index (χ2n) is 2.87. The van der Waals surface area contributed by atoms with E-state index in [1.54, 1.807) is 0 Å². The Kier molecular flexibility index (Phi) is 4.12. The van der Waals surface area contributed by atoms with Crippen LogP contribution in [0.5, 0.6) is 0 Å². The van der Waals surface area contributed by atoms with Gasteiger partial charge in [0.1, 0.15) is 6.10 Å². The number of aromatic amines is 1. The molecule has 1 aromatic rings. The van der Waals surface area contributed by atoms with Gasteiger partial charge in [-0.3, -0.25) is 4.79 Å². The molecule has 0 saturated carbocycles. The summed E-state index contributed by atoms with van der Waals surface area (Å²) in [6, 6.07) is 2.63. The molecule has 3 N–H and O–H groups in total. The lowest BCUT2D eigenvalue weighted by Gasteiger charge is -2.15. The first-order valence-corrected chi connectivity index (χ1v) is 4.81. The van der Waals surface area contributed by atoms with Gasteiger partial charge in [0.15, 0.2) is 0 Å². The summed E-state index contributed by atoms with van der Waals surface area (Å²) in [7, 11) is 0. The van der Waals surface area contributed by atoms with Crippen LogP contribution < -0.4 is 5.56 Å². The van der Waals surface area contributed by atoms with E-state index in [9.17, 15) is 15.0 Å². The van der Waals surface area contributed by atoms with Crippen LogP contribution in [0.25, 0.3) is 0 Å². The lowest BCUT2D eigenvalue weighted by atomic mass is 10.1. The summed E-state index contributed by atoms with van der Waals surface area (Å²) in [6.07, 6.45) is -1.63. The van der Waals surface area contributed by atoms with Crippen LogP contribution in [-0.4, -0.2) is 32.3 Å².